The van der Waals surface area contributed by atoms with E-state index in [4.69, 9.17) is 9.52 Å². The fourth-order valence-corrected chi connectivity index (χ4v) is 3.47. The molecule has 0 unspecified atom stereocenters. The highest BCUT2D eigenvalue weighted by Gasteiger charge is 2.27. The second kappa shape index (κ2) is 6.62. The standard InChI is InChI=1S/C15H19N3O6S/c1-25(22,23)9-13(20)12-6-10-7-17(4-5-18(10)16-12)15(21)14-3-2-11(8-19)24-14/h2-3,6,13,19-20H,4-5,7-9H2,1H3/t13-/m0/s1. The van der Waals surface area contributed by atoms with Gasteiger partial charge in [-0.05, 0) is 18.2 Å². The smallest absolute Gasteiger partial charge is 0.289 e. The Morgan fingerprint density at radius 1 is 1.40 bits per heavy atom. The van der Waals surface area contributed by atoms with Gasteiger partial charge in [0, 0.05) is 12.8 Å². The first-order chi connectivity index (χ1) is 11.8. The molecule has 3 heterocycles. The Labute approximate surface area is 144 Å². The Morgan fingerprint density at radius 2 is 2.16 bits per heavy atom. The van der Waals surface area contributed by atoms with Crippen molar-refractivity contribution in [3.63, 3.8) is 0 Å². The third-order valence-corrected chi connectivity index (χ3v) is 4.86. The van der Waals surface area contributed by atoms with Crippen LogP contribution in [0, 0.1) is 0 Å². The zero-order valence-corrected chi connectivity index (χ0v) is 14.4. The largest absolute Gasteiger partial charge is 0.453 e. The summed E-state index contributed by atoms with van der Waals surface area (Å²) in [6.45, 7) is 0.832. The highest BCUT2D eigenvalue weighted by atomic mass is 32.2. The summed E-state index contributed by atoms with van der Waals surface area (Å²) < 4.78 is 29.5. The van der Waals surface area contributed by atoms with Crippen LogP contribution in [0.2, 0.25) is 0 Å². The number of aliphatic hydroxyl groups excluding tert-OH is 2. The molecule has 9 nitrogen and oxygen atoms in total. The minimum atomic E-state index is -3.33. The van der Waals surface area contributed by atoms with E-state index in [0.29, 0.717) is 24.5 Å². The maximum absolute atomic E-state index is 12.5. The summed E-state index contributed by atoms with van der Waals surface area (Å²) in [5.74, 6) is -0.237. The average Bonchev–Trinajstić information content (AvgIpc) is 3.18. The summed E-state index contributed by atoms with van der Waals surface area (Å²) in [7, 11) is -3.33. The fraction of sp³-hybridized carbons (Fsp3) is 0.467. The molecule has 1 aliphatic heterocycles. The zero-order chi connectivity index (χ0) is 18.2. The molecular formula is C15H19N3O6S. The number of aliphatic hydroxyl groups is 2. The summed E-state index contributed by atoms with van der Waals surface area (Å²) in [6, 6.07) is 4.67. The number of fused-ring (bicyclic) bond motifs is 1. The molecule has 1 amide bonds. The molecule has 136 valence electrons. The van der Waals surface area contributed by atoms with Crippen LogP contribution in [-0.2, 0) is 29.5 Å². The topological polar surface area (TPSA) is 126 Å². The van der Waals surface area contributed by atoms with Gasteiger partial charge in [0.25, 0.3) is 5.91 Å². The molecule has 0 aromatic carbocycles. The first kappa shape index (κ1) is 17.6. The molecule has 10 heteroatoms. The van der Waals surface area contributed by atoms with Crippen molar-refractivity contribution in [2.24, 2.45) is 0 Å². The van der Waals surface area contributed by atoms with Gasteiger partial charge in [-0.15, -0.1) is 0 Å². The van der Waals surface area contributed by atoms with Crippen LogP contribution in [0.1, 0.15) is 33.8 Å². The van der Waals surface area contributed by atoms with Crippen molar-refractivity contribution in [3.05, 3.63) is 41.1 Å². The van der Waals surface area contributed by atoms with Gasteiger partial charge < -0.3 is 19.5 Å². The molecule has 1 aliphatic rings. The molecule has 0 saturated heterocycles. The van der Waals surface area contributed by atoms with E-state index in [-0.39, 0.29) is 30.5 Å². The van der Waals surface area contributed by atoms with Crippen molar-refractivity contribution < 1.29 is 27.8 Å². The Morgan fingerprint density at radius 3 is 2.80 bits per heavy atom. The summed E-state index contributed by atoms with van der Waals surface area (Å²) in [5, 5.41) is 23.3. The van der Waals surface area contributed by atoms with Crippen LogP contribution < -0.4 is 0 Å². The number of carbonyl (C=O) groups excluding carboxylic acids is 1. The van der Waals surface area contributed by atoms with Crippen LogP contribution in [0.25, 0.3) is 0 Å². The maximum Gasteiger partial charge on any atom is 0.289 e. The van der Waals surface area contributed by atoms with Gasteiger partial charge in [0.15, 0.2) is 5.76 Å². The molecule has 0 radical (unpaired) electrons. The molecule has 2 aromatic rings. The minimum absolute atomic E-state index is 0.148. The van der Waals surface area contributed by atoms with Crippen LogP contribution >= 0.6 is 0 Å². The average molecular weight is 369 g/mol. The predicted octanol–water partition coefficient (Wildman–Crippen LogP) is -0.298. The Kier molecular flexibility index (Phi) is 4.67. The predicted molar refractivity (Wildman–Crippen MR) is 86.3 cm³/mol. The van der Waals surface area contributed by atoms with E-state index < -0.39 is 21.7 Å². The normalized spacial score (nSPS) is 15.9. The van der Waals surface area contributed by atoms with Crippen molar-refractivity contribution in [3.8, 4) is 0 Å². The number of rotatable bonds is 5. The third kappa shape index (κ3) is 3.91. The monoisotopic (exact) mass is 369 g/mol. The highest BCUT2D eigenvalue weighted by molar-refractivity contribution is 7.90. The van der Waals surface area contributed by atoms with Crippen molar-refractivity contribution >= 4 is 15.7 Å². The maximum atomic E-state index is 12.5. The van der Waals surface area contributed by atoms with Gasteiger partial charge in [0.2, 0.25) is 0 Å². The van der Waals surface area contributed by atoms with E-state index in [1.807, 2.05) is 0 Å². The molecule has 1 atom stereocenters. The van der Waals surface area contributed by atoms with E-state index in [1.54, 1.807) is 21.7 Å². The van der Waals surface area contributed by atoms with E-state index in [9.17, 15) is 18.3 Å². The summed E-state index contributed by atoms with van der Waals surface area (Å²) in [5.41, 5.74) is 0.978. The molecule has 3 rings (SSSR count). The zero-order valence-electron chi connectivity index (χ0n) is 13.6. The second-order valence-electron chi connectivity index (χ2n) is 6.04. The molecule has 2 N–H and O–H groups in total. The lowest BCUT2D eigenvalue weighted by molar-refractivity contribution is 0.0668. The highest BCUT2D eigenvalue weighted by Crippen LogP contribution is 2.21. The lowest BCUT2D eigenvalue weighted by Gasteiger charge is -2.26. The number of nitrogens with zero attached hydrogens (tertiary/aromatic N) is 3. The quantitative estimate of drug-likeness (QED) is 0.741. The second-order valence-corrected chi connectivity index (χ2v) is 8.23. The Bertz CT molecular complexity index is 885. The molecule has 0 aliphatic carbocycles. The molecule has 25 heavy (non-hydrogen) atoms. The number of carbonyl (C=O) groups is 1. The van der Waals surface area contributed by atoms with Gasteiger partial charge in [0.1, 0.15) is 28.3 Å². The number of hydrogen-bond donors (Lipinski definition) is 2. The van der Waals surface area contributed by atoms with Crippen LogP contribution in [0.3, 0.4) is 0 Å². The summed E-state index contributed by atoms with van der Waals surface area (Å²) in [4.78, 5) is 14.0. The van der Waals surface area contributed by atoms with E-state index >= 15 is 0 Å². The molecule has 0 spiro atoms. The van der Waals surface area contributed by atoms with E-state index in [2.05, 4.69) is 5.10 Å². The number of aromatic nitrogens is 2. The third-order valence-electron chi connectivity index (χ3n) is 3.93. The molecule has 2 aromatic heterocycles. The van der Waals surface area contributed by atoms with Crippen LogP contribution in [0.4, 0.5) is 0 Å². The minimum Gasteiger partial charge on any atom is -0.453 e. The Balaban J connectivity index is 1.74. The van der Waals surface area contributed by atoms with Crippen LogP contribution in [0.5, 0.6) is 0 Å². The van der Waals surface area contributed by atoms with Crippen molar-refractivity contribution in [2.45, 2.75) is 25.8 Å². The van der Waals surface area contributed by atoms with Gasteiger partial charge >= 0.3 is 0 Å². The number of sulfone groups is 1. The fourth-order valence-electron chi connectivity index (χ4n) is 2.73. The summed E-state index contributed by atoms with van der Waals surface area (Å²) in [6.07, 6.45) is -0.147. The van der Waals surface area contributed by atoms with Gasteiger partial charge in [0.05, 0.1) is 30.2 Å². The molecular weight excluding hydrogens is 350 g/mol. The molecule has 0 fully saturated rings. The van der Waals surface area contributed by atoms with E-state index in [0.717, 1.165) is 6.26 Å². The van der Waals surface area contributed by atoms with Crippen LogP contribution in [0.15, 0.2) is 22.6 Å². The molecule has 0 bridgehead atoms. The molecule has 0 saturated carbocycles. The van der Waals surface area contributed by atoms with Gasteiger partial charge in [-0.1, -0.05) is 0 Å². The summed E-state index contributed by atoms with van der Waals surface area (Å²) >= 11 is 0. The van der Waals surface area contributed by atoms with Crippen molar-refractivity contribution in [2.75, 3.05) is 18.6 Å². The van der Waals surface area contributed by atoms with Gasteiger partial charge in [-0.3, -0.25) is 9.48 Å². The van der Waals surface area contributed by atoms with Gasteiger partial charge in [-0.2, -0.15) is 5.10 Å². The lowest BCUT2D eigenvalue weighted by atomic mass is 10.2. The Hall–Kier alpha value is -2.17. The SMILES string of the molecule is CS(=O)(=O)C[C@H](O)c1cc2n(n1)CCN(C(=O)c1ccc(CO)o1)C2. The first-order valence-electron chi connectivity index (χ1n) is 7.68. The van der Waals surface area contributed by atoms with Crippen molar-refractivity contribution in [1.29, 1.82) is 0 Å². The van der Waals surface area contributed by atoms with Crippen molar-refractivity contribution in [1.82, 2.24) is 14.7 Å². The van der Waals surface area contributed by atoms with Crippen LogP contribution in [-0.4, -0.2) is 57.8 Å². The van der Waals surface area contributed by atoms with E-state index in [1.165, 1.54) is 6.07 Å². The first-order valence-corrected chi connectivity index (χ1v) is 9.74. The number of hydrogen-bond acceptors (Lipinski definition) is 7. The number of furan rings is 1. The lowest BCUT2D eigenvalue weighted by Crippen LogP contribution is -2.38. The number of amides is 1. The van der Waals surface area contributed by atoms with Gasteiger partial charge in [-0.25, -0.2) is 8.42 Å².